The Kier molecular flexibility index (Phi) is 7.72. The van der Waals surface area contributed by atoms with Crippen molar-refractivity contribution < 1.29 is 9.59 Å². The summed E-state index contributed by atoms with van der Waals surface area (Å²) >= 11 is 0. The molecule has 1 aromatic carbocycles. The average Bonchev–Trinajstić information content (AvgIpc) is 3.26. The number of amides is 1. The molecule has 5 heteroatoms. The molecule has 3 rings (SSSR count). The lowest BCUT2D eigenvalue weighted by Gasteiger charge is -2.09. The molecule has 0 atom stereocenters. The molecule has 0 saturated heterocycles. The second-order valence-corrected chi connectivity index (χ2v) is 8.28. The van der Waals surface area contributed by atoms with Crippen LogP contribution in [0.4, 0.5) is 0 Å². The quantitative estimate of drug-likeness (QED) is 0.518. The largest absolute Gasteiger partial charge is 0.386 e. The number of likely N-dealkylation sites (N-methyl/N-ethyl adjacent to an activating group) is 1. The molecular formula is C25H35N3O2. The summed E-state index contributed by atoms with van der Waals surface area (Å²) in [5.41, 5.74) is 3.42. The van der Waals surface area contributed by atoms with Crippen LogP contribution in [0.3, 0.4) is 0 Å². The summed E-state index contributed by atoms with van der Waals surface area (Å²) in [7, 11) is 1.83. The third-order valence-corrected chi connectivity index (χ3v) is 5.87. The maximum Gasteiger partial charge on any atom is 0.256 e. The molecule has 1 aromatic heterocycles. The van der Waals surface area contributed by atoms with Crippen LogP contribution < -0.4 is 5.32 Å². The number of benzene rings is 1. The third-order valence-electron chi connectivity index (χ3n) is 5.87. The number of nitrogens with one attached hydrogen (secondary N) is 1. The summed E-state index contributed by atoms with van der Waals surface area (Å²) in [5.74, 6) is 0.122. The number of fused-ring (bicyclic) bond motifs is 1. The number of rotatable bonds is 11. The molecule has 1 aliphatic rings. The Hall–Kier alpha value is -2.56. The van der Waals surface area contributed by atoms with Gasteiger partial charge in [-0.2, -0.15) is 0 Å². The first-order chi connectivity index (χ1) is 14.6. The van der Waals surface area contributed by atoms with E-state index in [9.17, 15) is 9.59 Å². The fourth-order valence-electron chi connectivity index (χ4n) is 4.15. The molecule has 162 valence electrons. The Balaban J connectivity index is 1.94. The van der Waals surface area contributed by atoms with Crippen molar-refractivity contribution in [2.45, 2.75) is 65.2 Å². The van der Waals surface area contributed by atoms with Gasteiger partial charge in [0.15, 0.2) is 0 Å². The summed E-state index contributed by atoms with van der Waals surface area (Å²) in [4.78, 5) is 27.7. The van der Waals surface area contributed by atoms with Gasteiger partial charge in [0.2, 0.25) is 5.91 Å². The van der Waals surface area contributed by atoms with Crippen LogP contribution in [0.5, 0.6) is 0 Å². The molecule has 0 spiro atoms. The maximum atomic E-state index is 13.0. The number of carbonyl (C=O) groups excluding carboxylic acids is 2. The minimum absolute atomic E-state index is 0.0197. The number of carbonyl (C=O) groups is 2. The van der Waals surface area contributed by atoms with E-state index in [1.54, 1.807) is 9.47 Å². The Morgan fingerprint density at radius 1 is 1.03 bits per heavy atom. The van der Waals surface area contributed by atoms with Crippen LogP contribution in [-0.4, -0.2) is 41.4 Å². The molecule has 0 radical (unpaired) electrons. The van der Waals surface area contributed by atoms with E-state index in [1.165, 1.54) is 12.8 Å². The molecule has 1 N–H and O–H groups in total. The van der Waals surface area contributed by atoms with Gasteiger partial charge in [0.1, 0.15) is 0 Å². The number of hydrogen-bond donors (Lipinski definition) is 1. The average molecular weight is 410 g/mol. The van der Waals surface area contributed by atoms with Gasteiger partial charge in [0, 0.05) is 42.9 Å². The highest BCUT2D eigenvalue weighted by atomic mass is 16.2. The van der Waals surface area contributed by atoms with Crippen LogP contribution in [0.1, 0.15) is 75.6 Å². The van der Waals surface area contributed by atoms with Crippen molar-refractivity contribution in [3.05, 3.63) is 41.7 Å². The molecule has 1 aliphatic heterocycles. The third kappa shape index (κ3) is 4.77. The van der Waals surface area contributed by atoms with E-state index in [1.807, 2.05) is 37.5 Å². The molecule has 2 heterocycles. The molecule has 0 saturated carbocycles. The van der Waals surface area contributed by atoms with E-state index in [4.69, 9.17) is 0 Å². The van der Waals surface area contributed by atoms with Crippen LogP contribution in [0.25, 0.3) is 16.5 Å². The van der Waals surface area contributed by atoms with E-state index in [2.05, 4.69) is 19.2 Å². The van der Waals surface area contributed by atoms with Crippen molar-refractivity contribution in [3.8, 4) is 0 Å². The smallest absolute Gasteiger partial charge is 0.256 e. The zero-order chi connectivity index (χ0) is 21.5. The zero-order valence-corrected chi connectivity index (χ0v) is 18.7. The SMILES string of the molecule is CCCCCCC(=O)n1cc(C2=C(NCCCCC)CN(C)C2=O)c2ccccc21. The molecule has 2 aromatic rings. The molecule has 0 fully saturated rings. The molecule has 0 aliphatic carbocycles. The predicted molar refractivity (Wildman–Crippen MR) is 123 cm³/mol. The molecule has 30 heavy (non-hydrogen) atoms. The standard InChI is InChI=1S/C25H35N3O2/c1-4-6-8-9-15-23(29)28-17-20(19-13-10-11-14-22(19)28)24-21(18-27(3)25(24)30)26-16-12-7-5-2/h10-11,13-14,17,26H,4-9,12,15-16,18H2,1-3H3. The molecule has 0 bridgehead atoms. The Bertz CT molecular complexity index is 926. The van der Waals surface area contributed by atoms with Crippen molar-refractivity contribution in [2.24, 2.45) is 0 Å². The topological polar surface area (TPSA) is 54.3 Å². The van der Waals surface area contributed by atoms with Crippen molar-refractivity contribution in [3.63, 3.8) is 0 Å². The normalized spacial score (nSPS) is 14.2. The van der Waals surface area contributed by atoms with Crippen LogP contribution >= 0.6 is 0 Å². The van der Waals surface area contributed by atoms with E-state index >= 15 is 0 Å². The summed E-state index contributed by atoms with van der Waals surface area (Å²) in [5, 5.41) is 4.46. The van der Waals surface area contributed by atoms with Crippen LogP contribution in [-0.2, 0) is 4.79 Å². The lowest BCUT2D eigenvalue weighted by atomic mass is 10.0. The van der Waals surface area contributed by atoms with E-state index in [0.29, 0.717) is 18.5 Å². The molecule has 1 amide bonds. The van der Waals surface area contributed by atoms with Gasteiger partial charge in [-0.3, -0.25) is 14.2 Å². The first kappa shape index (κ1) is 22.1. The van der Waals surface area contributed by atoms with Gasteiger partial charge in [-0.15, -0.1) is 0 Å². The van der Waals surface area contributed by atoms with Crippen LogP contribution in [0.2, 0.25) is 0 Å². The molecule has 5 nitrogen and oxygen atoms in total. The number of aromatic nitrogens is 1. The Labute approximate surface area is 180 Å². The van der Waals surface area contributed by atoms with Gasteiger partial charge in [0.25, 0.3) is 5.91 Å². The summed E-state index contributed by atoms with van der Waals surface area (Å²) in [6.07, 6.45) is 10.1. The molecular weight excluding hydrogens is 374 g/mol. The fraction of sp³-hybridized carbons (Fsp3) is 0.520. The second kappa shape index (κ2) is 10.5. The van der Waals surface area contributed by atoms with Gasteiger partial charge >= 0.3 is 0 Å². The first-order valence-corrected chi connectivity index (χ1v) is 11.4. The highest BCUT2D eigenvalue weighted by Gasteiger charge is 2.31. The van der Waals surface area contributed by atoms with Gasteiger partial charge in [-0.1, -0.05) is 64.2 Å². The number of unbranched alkanes of at least 4 members (excludes halogenated alkanes) is 5. The number of nitrogens with zero attached hydrogens (tertiary/aromatic N) is 2. The Morgan fingerprint density at radius 2 is 1.77 bits per heavy atom. The summed E-state index contributed by atoms with van der Waals surface area (Å²) in [6, 6.07) is 7.91. The van der Waals surface area contributed by atoms with Gasteiger partial charge in [0.05, 0.1) is 17.6 Å². The van der Waals surface area contributed by atoms with E-state index < -0.39 is 0 Å². The highest BCUT2D eigenvalue weighted by molar-refractivity contribution is 6.25. The van der Waals surface area contributed by atoms with Gasteiger partial charge in [-0.05, 0) is 18.9 Å². The predicted octanol–water partition coefficient (Wildman–Crippen LogP) is 5.21. The van der Waals surface area contributed by atoms with Crippen LogP contribution in [0, 0.1) is 0 Å². The lowest BCUT2D eigenvalue weighted by Crippen LogP contribution is -2.23. The summed E-state index contributed by atoms with van der Waals surface area (Å²) < 4.78 is 1.75. The minimum atomic E-state index is 0.0197. The first-order valence-electron chi connectivity index (χ1n) is 11.4. The monoisotopic (exact) mass is 409 g/mol. The summed E-state index contributed by atoms with van der Waals surface area (Å²) in [6.45, 7) is 5.81. The van der Waals surface area contributed by atoms with Crippen molar-refractivity contribution in [1.82, 2.24) is 14.8 Å². The van der Waals surface area contributed by atoms with Crippen LogP contribution in [0.15, 0.2) is 36.2 Å². The minimum Gasteiger partial charge on any atom is -0.386 e. The number of hydrogen-bond acceptors (Lipinski definition) is 3. The van der Waals surface area contributed by atoms with Crippen molar-refractivity contribution in [1.29, 1.82) is 0 Å². The number of para-hydroxylation sites is 1. The highest BCUT2D eigenvalue weighted by Crippen LogP contribution is 2.33. The zero-order valence-electron chi connectivity index (χ0n) is 18.7. The van der Waals surface area contributed by atoms with Crippen molar-refractivity contribution in [2.75, 3.05) is 20.1 Å². The maximum absolute atomic E-state index is 13.0. The van der Waals surface area contributed by atoms with Gasteiger partial charge < -0.3 is 10.2 Å². The second-order valence-electron chi connectivity index (χ2n) is 8.28. The molecule has 0 unspecified atom stereocenters. The lowest BCUT2D eigenvalue weighted by molar-refractivity contribution is -0.122. The van der Waals surface area contributed by atoms with Crippen molar-refractivity contribution >= 4 is 28.3 Å². The Morgan fingerprint density at radius 3 is 2.53 bits per heavy atom. The van der Waals surface area contributed by atoms with E-state index in [-0.39, 0.29) is 11.8 Å². The fourth-order valence-corrected chi connectivity index (χ4v) is 4.15. The van der Waals surface area contributed by atoms with E-state index in [0.717, 1.165) is 60.8 Å². The van der Waals surface area contributed by atoms with Gasteiger partial charge in [-0.25, -0.2) is 0 Å².